The third kappa shape index (κ3) is 3.88. The number of hydrogen-bond acceptors (Lipinski definition) is 7. The molecule has 2 aliphatic heterocycles. The number of nitrogens with two attached hydrogens (primary N) is 1. The molecular weight excluding hydrogens is 423 g/mol. The Morgan fingerprint density at radius 1 is 1.17 bits per heavy atom. The second-order valence-electron chi connectivity index (χ2n) is 7.88. The molecule has 0 bridgehead atoms. The summed E-state index contributed by atoms with van der Waals surface area (Å²) in [4.78, 5) is 0.842. The van der Waals surface area contributed by atoms with Gasteiger partial charge in [-0.3, -0.25) is 0 Å². The molecule has 4 rings (SSSR count). The predicted octanol–water partition coefficient (Wildman–Crippen LogP) is 1.50. The highest BCUT2D eigenvalue weighted by Crippen LogP contribution is 2.45. The van der Waals surface area contributed by atoms with E-state index in [0.29, 0.717) is 18.8 Å². The van der Waals surface area contributed by atoms with Gasteiger partial charge >= 0.3 is 6.18 Å². The van der Waals surface area contributed by atoms with Crippen LogP contribution in [0.3, 0.4) is 0 Å². The summed E-state index contributed by atoms with van der Waals surface area (Å²) in [7, 11) is -4.74. The Labute approximate surface area is 171 Å². The van der Waals surface area contributed by atoms with E-state index in [1.807, 2.05) is 4.90 Å². The molecule has 2 aromatic rings. The van der Waals surface area contributed by atoms with E-state index in [0.717, 1.165) is 44.8 Å². The summed E-state index contributed by atoms with van der Waals surface area (Å²) in [5.41, 5.74) is -1.17. The highest BCUT2D eigenvalue weighted by molar-refractivity contribution is 7.89. The molecule has 2 aliphatic rings. The summed E-state index contributed by atoms with van der Waals surface area (Å²) >= 11 is 0. The number of nitrogens with zero attached hydrogens (tertiary/aromatic N) is 4. The number of hydrogen-bond donors (Lipinski definition) is 3. The van der Waals surface area contributed by atoms with Crippen LogP contribution in [0.5, 0.6) is 0 Å². The summed E-state index contributed by atoms with van der Waals surface area (Å²) in [5, 5.41) is 21.7. The Morgan fingerprint density at radius 3 is 2.43 bits per heavy atom. The number of nitrogens with one attached hydrogen (secondary N) is 2. The number of aromatic amines is 1. The van der Waals surface area contributed by atoms with Gasteiger partial charge in [-0.2, -0.15) is 18.4 Å². The fourth-order valence-corrected chi connectivity index (χ4v) is 5.49. The Bertz CT molecular complexity index is 1010. The van der Waals surface area contributed by atoms with Crippen LogP contribution in [0.1, 0.15) is 31.2 Å². The third-order valence-electron chi connectivity index (χ3n) is 6.02. The maximum absolute atomic E-state index is 13.6. The predicted molar refractivity (Wildman–Crippen MR) is 102 cm³/mol. The molecule has 0 atom stereocenters. The molecule has 1 aromatic heterocycles. The van der Waals surface area contributed by atoms with Gasteiger partial charge in [-0.05, 0) is 55.0 Å². The van der Waals surface area contributed by atoms with Crippen LogP contribution in [-0.2, 0) is 16.2 Å². The largest absolute Gasteiger partial charge is 0.417 e. The van der Waals surface area contributed by atoms with Crippen molar-refractivity contribution in [2.75, 3.05) is 31.1 Å². The molecule has 9 nitrogen and oxygen atoms in total. The Morgan fingerprint density at radius 2 is 1.90 bits per heavy atom. The minimum atomic E-state index is -4.92. The van der Waals surface area contributed by atoms with Crippen molar-refractivity contribution in [3.05, 3.63) is 17.7 Å². The van der Waals surface area contributed by atoms with Crippen molar-refractivity contribution in [2.24, 2.45) is 10.6 Å². The van der Waals surface area contributed by atoms with Gasteiger partial charge in [0.2, 0.25) is 15.8 Å². The smallest absolute Gasteiger partial charge is 0.371 e. The highest BCUT2D eigenvalue weighted by atomic mass is 32.2. The number of benzene rings is 1. The van der Waals surface area contributed by atoms with Crippen LogP contribution < -0.4 is 15.4 Å². The van der Waals surface area contributed by atoms with Crippen LogP contribution in [0.15, 0.2) is 17.0 Å². The van der Waals surface area contributed by atoms with Crippen LogP contribution in [0.2, 0.25) is 0 Å². The Hall–Kier alpha value is -2.25. The van der Waals surface area contributed by atoms with Crippen molar-refractivity contribution in [1.29, 1.82) is 0 Å². The molecule has 1 spiro atoms. The van der Waals surface area contributed by atoms with Crippen molar-refractivity contribution < 1.29 is 21.6 Å². The van der Waals surface area contributed by atoms with Crippen LogP contribution in [0, 0.1) is 5.41 Å². The standard InChI is InChI=1S/C17H22F3N7O2S/c18-17(19,20)11-2-3-12(13(14(11)30(21,28)29)15-23-25-26-24-15)27-8-5-16(6-9-27)4-1-7-22-10-16/h2-3,22H,1,4-10H2,(H2,21,28,29)(H,23,24,25,26). The third-order valence-corrected chi connectivity index (χ3v) is 7.01. The number of sulfonamides is 1. The second-order valence-corrected chi connectivity index (χ2v) is 9.38. The SMILES string of the molecule is NS(=O)(=O)c1c(C(F)(F)F)ccc(N2CCC3(CCCNC3)CC2)c1-c1nn[nH]n1. The average molecular weight is 445 g/mol. The molecule has 164 valence electrons. The minimum Gasteiger partial charge on any atom is -0.371 e. The second kappa shape index (κ2) is 7.46. The van der Waals surface area contributed by atoms with Crippen molar-refractivity contribution in [2.45, 2.75) is 36.8 Å². The molecule has 13 heteroatoms. The lowest BCUT2D eigenvalue weighted by Crippen LogP contribution is -2.48. The van der Waals surface area contributed by atoms with E-state index in [1.54, 1.807) is 0 Å². The molecule has 1 aromatic carbocycles. The number of aromatic nitrogens is 4. The zero-order valence-corrected chi connectivity index (χ0v) is 16.9. The van der Waals surface area contributed by atoms with Crippen molar-refractivity contribution in [3.63, 3.8) is 0 Å². The van der Waals surface area contributed by atoms with E-state index in [2.05, 4.69) is 25.9 Å². The van der Waals surface area contributed by atoms with Crippen LogP contribution in [-0.4, -0.2) is 55.2 Å². The van der Waals surface area contributed by atoms with Gasteiger partial charge in [-0.15, -0.1) is 10.2 Å². The summed E-state index contributed by atoms with van der Waals surface area (Å²) in [5.74, 6) is -0.250. The summed E-state index contributed by atoms with van der Waals surface area (Å²) in [6, 6.07) is 2.02. The van der Waals surface area contributed by atoms with Gasteiger partial charge in [0.1, 0.15) is 4.90 Å². The number of rotatable bonds is 3. The molecule has 0 radical (unpaired) electrons. The molecule has 0 unspecified atom stereocenters. The monoisotopic (exact) mass is 445 g/mol. The minimum absolute atomic E-state index is 0.162. The van der Waals surface area contributed by atoms with Crippen LogP contribution in [0.4, 0.5) is 18.9 Å². The number of halogens is 3. The number of alkyl halides is 3. The van der Waals surface area contributed by atoms with Gasteiger partial charge in [0.05, 0.1) is 11.1 Å². The molecule has 2 saturated heterocycles. The van der Waals surface area contributed by atoms with Gasteiger partial charge < -0.3 is 10.2 Å². The maximum atomic E-state index is 13.6. The van der Waals surface area contributed by atoms with E-state index in [4.69, 9.17) is 5.14 Å². The van der Waals surface area contributed by atoms with Gasteiger partial charge in [0.15, 0.2) is 0 Å². The van der Waals surface area contributed by atoms with E-state index < -0.39 is 26.7 Å². The van der Waals surface area contributed by atoms with Crippen molar-refractivity contribution in [1.82, 2.24) is 25.9 Å². The zero-order chi connectivity index (χ0) is 21.6. The topological polar surface area (TPSA) is 130 Å². The first-order chi connectivity index (χ1) is 14.1. The van der Waals surface area contributed by atoms with E-state index in [-0.39, 0.29) is 16.8 Å². The molecule has 0 amide bonds. The number of piperidine rings is 2. The molecule has 0 saturated carbocycles. The van der Waals surface area contributed by atoms with Gasteiger partial charge in [-0.1, -0.05) is 0 Å². The first-order valence-electron chi connectivity index (χ1n) is 9.57. The highest BCUT2D eigenvalue weighted by Gasteiger charge is 2.41. The fourth-order valence-electron chi connectivity index (χ4n) is 4.52. The first kappa shape index (κ1) is 21.0. The van der Waals surface area contributed by atoms with Gasteiger partial charge in [0.25, 0.3) is 0 Å². The lowest BCUT2D eigenvalue weighted by Gasteiger charge is -2.45. The molecule has 30 heavy (non-hydrogen) atoms. The summed E-state index contributed by atoms with van der Waals surface area (Å²) in [6.45, 7) is 3.04. The normalized spacial score (nSPS) is 19.9. The quantitative estimate of drug-likeness (QED) is 0.653. The van der Waals surface area contributed by atoms with Crippen LogP contribution in [0.25, 0.3) is 11.4 Å². The van der Waals surface area contributed by atoms with Gasteiger partial charge in [-0.25, -0.2) is 13.6 Å². The number of anilines is 1. The average Bonchev–Trinajstić information content (AvgIpc) is 3.21. The zero-order valence-electron chi connectivity index (χ0n) is 16.0. The van der Waals surface area contributed by atoms with E-state index >= 15 is 0 Å². The number of primary sulfonamides is 1. The van der Waals surface area contributed by atoms with E-state index in [9.17, 15) is 21.6 Å². The molecule has 0 aliphatic carbocycles. The maximum Gasteiger partial charge on any atom is 0.417 e. The van der Waals surface area contributed by atoms with Gasteiger partial charge in [0, 0.05) is 25.3 Å². The van der Waals surface area contributed by atoms with Crippen molar-refractivity contribution in [3.8, 4) is 11.4 Å². The van der Waals surface area contributed by atoms with Crippen LogP contribution >= 0.6 is 0 Å². The summed E-state index contributed by atoms with van der Waals surface area (Å²) < 4.78 is 65.3. The molecule has 4 N–H and O–H groups in total. The lowest BCUT2D eigenvalue weighted by molar-refractivity contribution is -0.139. The first-order valence-corrected chi connectivity index (χ1v) is 11.1. The van der Waals surface area contributed by atoms with Crippen molar-refractivity contribution >= 4 is 15.7 Å². The molecular formula is C17H22F3N7O2S. The molecule has 2 fully saturated rings. The Balaban J connectivity index is 1.81. The molecule has 3 heterocycles. The number of H-pyrrole nitrogens is 1. The summed E-state index contributed by atoms with van der Waals surface area (Å²) in [6.07, 6.45) is -1.04. The number of tetrazole rings is 1. The lowest BCUT2D eigenvalue weighted by atomic mass is 9.73. The fraction of sp³-hybridized carbons (Fsp3) is 0.588. The van der Waals surface area contributed by atoms with E-state index in [1.165, 1.54) is 6.07 Å². The Kier molecular flexibility index (Phi) is 5.22.